The van der Waals surface area contributed by atoms with Crippen molar-refractivity contribution in [1.82, 2.24) is 5.06 Å². The molecule has 2 N–H and O–H groups in total. The van der Waals surface area contributed by atoms with E-state index in [0.717, 1.165) is 0 Å². The fraction of sp³-hybridized carbons (Fsp3) is 0.0526. The largest absolute Gasteiger partial charge is 0.313 e. The highest BCUT2D eigenvalue weighted by atomic mass is 32.2. The summed E-state index contributed by atoms with van der Waals surface area (Å²) in [4.78, 5) is 24.2. The summed E-state index contributed by atoms with van der Waals surface area (Å²) in [5, 5.41) is 2.26. The van der Waals surface area contributed by atoms with E-state index in [2.05, 4.69) is 0 Å². The first-order chi connectivity index (χ1) is 14.6. The highest BCUT2D eigenvalue weighted by Gasteiger charge is 2.36. The fourth-order valence-corrected chi connectivity index (χ4v) is 3.78. The second-order valence-electron chi connectivity index (χ2n) is 6.43. The summed E-state index contributed by atoms with van der Waals surface area (Å²) < 4.78 is 72.5. The zero-order valence-corrected chi connectivity index (χ0v) is 16.2. The number of carbonyl (C=O) groups is 2. The van der Waals surface area contributed by atoms with Crippen molar-refractivity contribution < 1.29 is 35.8 Å². The van der Waals surface area contributed by atoms with Crippen LogP contribution in [0.25, 0.3) is 10.8 Å². The Labute approximate surface area is 175 Å². The van der Waals surface area contributed by atoms with Gasteiger partial charge in [0.25, 0.3) is 11.8 Å². The second kappa shape index (κ2) is 7.48. The molecule has 0 aliphatic carbocycles. The molecule has 0 radical (unpaired) electrons. The van der Waals surface area contributed by atoms with E-state index in [0.29, 0.717) is 11.1 Å². The van der Waals surface area contributed by atoms with Gasteiger partial charge in [0.2, 0.25) is 5.82 Å². The molecule has 31 heavy (non-hydrogen) atoms. The van der Waals surface area contributed by atoms with Gasteiger partial charge in [-0.25, -0.2) is 27.8 Å². The molecule has 0 bridgehead atoms. The van der Waals surface area contributed by atoms with E-state index in [1.807, 2.05) is 0 Å². The van der Waals surface area contributed by atoms with Gasteiger partial charge in [0.15, 0.2) is 23.3 Å². The summed E-state index contributed by atoms with van der Waals surface area (Å²) in [5.41, 5.74) is 0.564. The lowest BCUT2D eigenvalue weighted by molar-refractivity contribution is -0.00775. The normalized spacial score (nSPS) is 13.3. The zero-order chi connectivity index (χ0) is 22.6. The van der Waals surface area contributed by atoms with Crippen LogP contribution >= 0.6 is 12.0 Å². The number of carbonyl (C=O) groups excluding carboxylic acids is 2. The predicted octanol–water partition coefficient (Wildman–Crippen LogP) is 4.08. The molecule has 3 aromatic rings. The number of imide groups is 1. The van der Waals surface area contributed by atoms with Crippen LogP contribution in [-0.2, 0) is 4.28 Å². The van der Waals surface area contributed by atoms with Crippen LogP contribution in [0.2, 0.25) is 0 Å². The number of rotatable bonds is 4. The van der Waals surface area contributed by atoms with Crippen LogP contribution in [0.1, 0.15) is 20.7 Å². The minimum Gasteiger partial charge on any atom is -0.313 e. The third-order valence-corrected chi connectivity index (χ3v) is 5.34. The maximum absolute atomic E-state index is 13.9. The van der Waals surface area contributed by atoms with E-state index < -0.39 is 45.8 Å². The Hall–Kier alpha value is -3.22. The number of hydrogen-bond acceptors (Lipinski definition) is 6. The quantitative estimate of drug-likeness (QED) is 0.122. The van der Waals surface area contributed by atoms with Gasteiger partial charge in [0.1, 0.15) is 4.90 Å². The Balaban J connectivity index is 1.74. The van der Waals surface area contributed by atoms with Crippen molar-refractivity contribution in [2.45, 2.75) is 4.90 Å². The van der Waals surface area contributed by atoms with Crippen molar-refractivity contribution >= 4 is 40.3 Å². The Bertz CT molecular complexity index is 1230. The van der Waals surface area contributed by atoms with Gasteiger partial charge >= 0.3 is 0 Å². The van der Waals surface area contributed by atoms with Gasteiger partial charge in [-0.05, 0) is 18.2 Å². The van der Waals surface area contributed by atoms with Crippen LogP contribution in [0.5, 0.6) is 0 Å². The highest BCUT2D eigenvalue weighted by molar-refractivity contribution is 7.94. The number of hydroxylamine groups is 2. The number of halogens is 5. The number of hydrazine groups is 1. The lowest BCUT2D eigenvalue weighted by atomic mass is 9.94. The number of hydrogen-bond donors (Lipinski definition) is 1. The molecule has 0 saturated heterocycles. The number of anilines is 1. The smallest absolute Gasteiger partial charge is 0.286 e. The lowest BCUT2D eigenvalue weighted by Gasteiger charge is -2.26. The second-order valence-corrected chi connectivity index (χ2v) is 7.16. The Morgan fingerprint density at radius 1 is 0.871 bits per heavy atom. The molecule has 160 valence electrons. The minimum absolute atomic E-state index is 0.0220. The van der Waals surface area contributed by atoms with Gasteiger partial charge in [-0.3, -0.25) is 9.59 Å². The molecule has 0 unspecified atom stereocenters. The van der Waals surface area contributed by atoms with E-state index in [4.69, 9.17) is 10.1 Å². The monoisotopic (exact) mass is 455 g/mol. The van der Waals surface area contributed by atoms with Gasteiger partial charge in [0.05, 0.1) is 28.9 Å². The summed E-state index contributed by atoms with van der Waals surface area (Å²) in [5.74, 6) is -7.23. The van der Waals surface area contributed by atoms with Crippen LogP contribution < -0.4 is 10.9 Å². The Morgan fingerprint density at radius 3 is 2.00 bits per heavy atom. The van der Waals surface area contributed by atoms with Crippen LogP contribution in [-0.4, -0.2) is 23.9 Å². The maximum atomic E-state index is 13.9. The average Bonchev–Trinajstić information content (AvgIpc) is 2.76. The molecular formula is C19H10F5N3O3S. The van der Waals surface area contributed by atoms with Gasteiger partial charge in [0, 0.05) is 17.8 Å². The van der Waals surface area contributed by atoms with Crippen LogP contribution in [0.4, 0.5) is 27.6 Å². The van der Waals surface area contributed by atoms with Crippen molar-refractivity contribution in [3.63, 3.8) is 0 Å². The van der Waals surface area contributed by atoms with Gasteiger partial charge in [-0.1, -0.05) is 12.1 Å². The predicted molar refractivity (Wildman–Crippen MR) is 100 cm³/mol. The molecule has 1 aliphatic heterocycles. The summed E-state index contributed by atoms with van der Waals surface area (Å²) in [6.07, 6.45) is 0. The van der Waals surface area contributed by atoms with Crippen molar-refractivity contribution in [2.24, 2.45) is 5.84 Å². The van der Waals surface area contributed by atoms with E-state index in [9.17, 15) is 31.5 Å². The van der Waals surface area contributed by atoms with E-state index in [1.54, 1.807) is 13.1 Å². The highest BCUT2D eigenvalue weighted by Crippen LogP contribution is 2.37. The maximum Gasteiger partial charge on any atom is 0.286 e. The fourth-order valence-electron chi connectivity index (χ4n) is 3.17. The molecule has 0 saturated carbocycles. The topological polar surface area (TPSA) is 75.9 Å². The molecule has 0 fully saturated rings. The summed E-state index contributed by atoms with van der Waals surface area (Å²) in [6, 6.07) is 7.45. The molecule has 1 heterocycles. The van der Waals surface area contributed by atoms with E-state index in [-0.39, 0.29) is 33.6 Å². The van der Waals surface area contributed by atoms with Gasteiger partial charge in [-0.15, -0.1) is 5.06 Å². The van der Waals surface area contributed by atoms with Crippen LogP contribution in [0, 0.1) is 29.1 Å². The van der Waals surface area contributed by atoms with Crippen LogP contribution in [0.15, 0.2) is 35.2 Å². The van der Waals surface area contributed by atoms with Crippen molar-refractivity contribution in [1.29, 1.82) is 0 Å². The molecule has 0 atom stereocenters. The lowest BCUT2D eigenvalue weighted by Crippen LogP contribution is -2.39. The summed E-state index contributed by atoms with van der Waals surface area (Å²) >= 11 is -0.344. The molecule has 1 aliphatic rings. The first-order valence-electron chi connectivity index (χ1n) is 8.44. The molecule has 0 spiro atoms. The summed E-state index contributed by atoms with van der Waals surface area (Å²) in [7, 11) is 1.56. The SMILES string of the molecule is CN(N)c1ccc2c3c(cccc13)C(=O)N(OSc1c(F)c(F)c(F)c(F)c1F)C2=O. The Morgan fingerprint density at radius 2 is 1.42 bits per heavy atom. The minimum atomic E-state index is -2.34. The molecule has 12 heteroatoms. The standard InChI is InChI=1S/C19H10F5N3O3S/c1-26(25)10-6-5-9-11-7(10)3-2-4-8(11)18(28)27(19(9)29)30-31-17-15(23)13(21)12(20)14(22)16(17)24/h2-6H,25H2,1H3. The first-order valence-corrected chi connectivity index (χ1v) is 9.18. The number of nitrogens with two attached hydrogens (primary N) is 1. The number of amides is 2. The van der Waals surface area contributed by atoms with Crippen LogP contribution in [0.3, 0.4) is 0 Å². The van der Waals surface area contributed by atoms with Gasteiger partial charge in [-0.2, -0.15) is 4.28 Å². The van der Waals surface area contributed by atoms with Crippen molar-refractivity contribution in [3.8, 4) is 0 Å². The molecule has 2 amide bonds. The van der Waals surface area contributed by atoms with Gasteiger partial charge < -0.3 is 5.01 Å². The number of benzene rings is 3. The first kappa shape index (κ1) is 21.0. The van der Waals surface area contributed by atoms with E-state index in [1.165, 1.54) is 29.3 Å². The third kappa shape index (κ3) is 3.10. The molecular weight excluding hydrogens is 445 g/mol. The molecule has 3 aromatic carbocycles. The third-order valence-electron chi connectivity index (χ3n) is 4.59. The molecule has 4 rings (SSSR count). The molecule has 0 aromatic heterocycles. The molecule has 6 nitrogen and oxygen atoms in total. The van der Waals surface area contributed by atoms with Crippen molar-refractivity contribution in [3.05, 3.63) is 70.5 Å². The van der Waals surface area contributed by atoms with Crippen molar-refractivity contribution in [2.75, 3.05) is 12.1 Å². The van der Waals surface area contributed by atoms with E-state index >= 15 is 0 Å². The average molecular weight is 455 g/mol. The Kier molecular flexibility index (Phi) is 5.07. The summed E-state index contributed by atoms with van der Waals surface area (Å²) in [6.45, 7) is 0. The number of nitrogens with zero attached hydrogens (tertiary/aromatic N) is 2. The zero-order valence-electron chi connectivity index (χ0n) is 15.4.